The maximum absolute atomic E-state index is 12.4. The standard InChI is InChI=1S/C13H18N2O4S/c1-10(9-15(16)17)20(18,19)14(2)13-8-7-11-5-3-4-6-12(11)13/h3-6,10,13H,7-9H2,1-2H3. The lowest BCUT2D eigenvalue weighted by atomic mass is 10.1. The summed E-state index contributed by atoms with van der Waals surface area (Å²) in [5.74, 6) is 0. The molecule has 110 valence electrons. The quantitative estimate of drug-likeness (QED) is 0.611. The van der Waals surface area contributed by atoms with E-state index in [1.54, 1.807) is 0 Å². The number of hydrogen-bond donors (Lipinski definition) is 0. The second-order valence-corrected chi connectivity index (χ2v) is 7.55. The van der Waals surface area contributed by atoms with Crippen LogP contribution in [0.5, 0.6) is 0 Å². The molecule has 20 heavy (non-hydrogen) atoms. The molecule has 0 N–H and O–H groups in total. The van der Waals surface area contributed by atoms with Gasteiger partial charge in [-0.15, -0.1) is 0 Å². The minimum Gasteiger partial charge on any atom is -0.264 e. The Labute approximate surface area is 118 Å². The highest BCUT2D eigenvalue weighted by molar-refractivity contribution is 7.89. The molecular weight excluding hydrogens is 280 g/mol. The Morgan fingerprint density at radius 2 is 2.10 bits per heavy atom. The molecule has 6 nitrogen and oxygen atoms in total. The summed E-state index contributed by atoms with van der Waals surface area (Å²) in [5.41, 5.74) is 2.16. The van der Waals surface area contributed by atoms with Gasteiger partial charge >= 0.3 is 0 Å². The van der Waals surface area contributed by atoms with Gasteiger partial charge in [0.05, 0.1) is 0 Å². The molecule has 0 bridgehead atoms. The average Bonchev–Trinajstić information content (AvgIpc) is 2.80. The van der Waals surface area contributed by atoms with Crippen LogP contribution in [0.4, 0.5) is 0 Å². The number of nitrogens with zero attached hydrogens (tertiary/aromatic N) is 2. The van der Waals surface area contributed by atoms with Crippen molar-refractivity contribution in [1.82, 2.24) is 4.31 Å². The van der Waals surface area contributed by atoms with E-state index >= 15 is 0 Å². The Balaban J connectivity index is 2.24. The van der Waals surface area contributed by atoms with Gasteiger partial charge in [-0.25, -0.2) is 8.42 Å². The molecule has 0 spiro atoms. The largest absolute Gasteiger partial charge is 0.264 e. The summed E-state index contributed by atoms with van der Waals surface area (Å²) in [4.78, 5) is 9.94. The van der Waals surface area contributed by atoms with Crippen molar-refractivity contribution in [3.05, 3.63) is 45.5 Å². The van der Waals surface area contributed by atoms with Crippen LogP contribution in [0.15, 0.2) is 24.3 Å². The zero-order valence-corrected chi connectivity index (χ0v) is 12.3. The van der Waals surface area contributed by atoms with E-state index < -0.39 is 26.7 Å². The Morgan fingerprint density at radius 3 is 2.75 bits per heavy atom. The van der Waals surface area contributed by atoms with Gasteiger partial charge in [0.15, 0.2) is 0 Å². The molecule has 0 heterocycles. The van der Waals surface area contributed by atoms with Crippen molar-refractivity contribution in [3.8, 4) is 0 Å². The second kappa shape index (κ2) is 5.49. The van der Waals surface area contributed by atoms with E-state index in [0.717, 1.165) is 24.0 Å². The summed E-state index contributed by atoms with van der Waals surface area (Å²) in [6.45, 7) is 0.816. The minimum atomic E-state index is -3.67. The number of hydrogen-bond acceptors (Lipinski definition) is 4. The zero-order chi connectivity index (χ0) is 14.9. The topological polar surface area (TPSA) is 80.5 Å². The Kier molecular flexibility index (Phi) is 4.10. The lowest BCUT2D eigenvalue weighted by Crippen LogP contribution is -2.39. The first-order valence-electron chi connectivity index (χ1n) is 6.50. The van der Waals surface area contributed by atoms with Crippen molar-refractivity contribution in [2.24, 2.45) is 0 Å². The smallest absolute Gasteiger partial charge is 0.223 e. The molecule has 1 aliphatic carbocycles. The normalized spacial score (nSPS) is 19.9. The van der Waals surface area contributed by atoms with Crippen LogP contribution in [-0.4, -0.2) is 36.5 Å². The van der Waals surface area contributed by atoms with Crippen LogP contribution in [-0.2, 0) is 16.4 Å². The molecule has 0 amide bonds. The summed E-state index contributed by atoms with van der Waals surface area (Å²) in [7, 11) is -2.16. The van der Waals surface area contributed by atoms with Gasteiger partial charge in [0.2, 0.25) is 16.6 Å². The molecule has 7 heteroatoms. The SMILES string of the molecule is CC(C[N+](=O)[O-])S(=O)(=O)N(C)C1CCc2ccccc21. The molecule has 2 atom stereocenters. The number of sulfonamides is 1. The Morgan fingerprint density at radius 1 is 1.45 bits per heavy atom. The molecular formula is C13H18N2O4S. The maximum atomic E-state index is 12.4. The minimum absolute atomic E-state index is 0.217. The van der Waals surface area contributed by atoms with E-state index in [0.29, 0.717) is 0 Å². The van der Waals surface area contributed by atoms with Crippen LogP contribution < -0.4 is 0 Å². The monoisotopic (exact) mass is 298 g/mol. The van der Waals surface area contributed by atoms with E-state index in [1.807, 2.05) is 24.3 Å². The maximum Gasteiger partial charge on any atom is 0.223 e. The summed E-state index contributed by atoms with van der Waals surface area (Å²) >= 11 is 0. The summed E-state index contributed by atoms with van der Waals surface area (Å²) in [6, 6.07) is 7.53. The molecule has 0 radical (unpaired) electrons. The number of fused-ring (bicyclic) bond motifs is 1. The van der Waals surface area contributed by atoms with Gasteiger partial charge in [-0.3, -0.25) is 10.1 Å². The van der Waals surface area contributed by atoms with Gasteiger partial charge in [-0.2, -0.15) is 4.31 Å². The third-order valence-corrected chi connectivity index (χ3v) is 6.08. The molecule has 0 aromatic heterocycles. The molecule has 0 saturated heterocycles. The van der Waals surface area contributed by atoms with Crippen LogP contribution in [0.25, 0.3) is 0 Å². The van der Waals surface area contributed by atoms with Gasteiger partial charge in [0.1, 0.15) is 5.25 Å². The van der Waals surface area contributed by atoms with Crippen molar-refractivity contribution < 1.29 is 13.3 Å². The van der Waals surface area contributed by atoms with Crippen LogP contribution in [0, 0.1) is 10.1 Å². The third-order valence-electron chi connectivity index (χ3n) is 3.86. The number of aryl methyl sites for hydroxylation is 1. The highest BCUT2D eigenvalue weighted by Gasteiger charge is 2.37. The van der Waals surface area contributed by atoms with Gasteiger partial charge in [0, 0.05) is 18.0 Å². The Hall–Kier alpha value is -1.47. The van der Waals surface area contributed by atoms with Gasteiger partial charge in [-0.1, -0.05) is 24.3 Å². The number of nitro groups is 1. The first kappa shape index (κ1) is 14.9. The van der Waals surface area contributed by atoms with Crippen LogP contribution in [0.1, 0.15) is 30.5 Å². The fourth-order valence-corrected chi connectivity index (χ4v) is 4.13. The molecule has 2 rings (SSSR count). The molecule has 1 aromatic carbocycles. The van der Waals surface area contributed by atoms with Gasteiger partial charge in [0.25, 0.3) is 0 Å². The summed E-state index contributed by atoms with van der Waals surface area (Å²) < 4.78 is 26.1. The molecule has 1 aromatic rings. The van der Waals surface area contributed by atoms with E-state index in [1.165, 1.54) is 18.3 Å². The molecule has 0 aliphatic heterocycles. The van der Waals surface area contributed by atoms with Gasteiger partial charge < -0.3 is 0 Å². The van der Waals surface area contributed by atoms with Crippen LogP contribution in [0.3, 0.4) is 0 Å². The van der Waals surface area contributed by atoms with Crippen molar-refractivity contribution >= 4 is 10.0 Å². The molecule has 2 unspecified atom stereocenters. The fourth-order valence-electron chi connectivity index (χ4n) is 2.68. The van der Waals surface area contributed by atoms with Crippen LogP contribution >= 0.6 is 0 Å². The van der Waals surface area contributed by atoms with Crippen molar-refractivity contribution in [2.75, 3.05) is 13.6 Å². The van der Waals surface area contributed by atoms with E-state index in [4.69, 9.17) is 0 Å². The second-order valence-electron chi connectivity index (χ2n) is 5.14. The first-order valence-corrected chi connectivity index (χ1v) is 8.01. The van der Waals surface area contributed by atoms with Crippen molar-refractivity contribution in [2.45, 2.75) is 31.1 Å². The van der Waals surface area contributed by atoms with Crippen molar-refractivity contribution in [3.63, 3.8) is 0 Å². The van der Waals surface area contributed by atoms with E-state index in [2.05, 4.69) is 0 Å². The number of benzene rings is 1. The molecule has 0 fully saturated rings. The highest BCUT2D eigenvalue weighted by atomic mass is 32.2. The van der Waals surface area contributed by atoms with E-state index in [-0.39, 0.29) is 6.04 Å². The lowest BCUT2D eigenvalue weighted by Gasteiger charge is -2.26. The first-order chi connectivity index (χ1) is 9.34. The van der Waals surface area contributed by atoms with E-state index in [9.17, 15) is 18.5 Å². The zero-order valence-electron chi connectivity index (χ0n) is 11.5. The lowest BCUT2D eigenvalue weighted by molar-refractivity contribution is -0.478. The predicted molar refractivity (Wildman–Crippen MR) is 75.5 cm³/mol. The molecule has 0 saturated carbocycles. The predicted octanol–water partition coefficient (Wildman–Crippen LogP) is 1.60. The third kappa shape index (κ3) is 2.69. The molecule has 1 aliphatic rings. The van der Waals surface area contributed by atoms with Crippen molar-refractivity contribution in [1.29, 1.82) is 0 Å². The number of rotatable bonds is 5. The average molecular weight is 298 g/mol. The van der Waals surface area contributed by atoms with Crippen LogP contribution in [0.2, 0.25) is 0 Å². The highest BCUT2D eigenvalue weighted by Crippen LogP contribution is 2.36. The summed E-state index contributed by atoms with van der Waals surface area (Å²) in [6.07, 6.45) is 1.56. The summed E-state index contributed by atoms with van der Waals surface area (Å²) in [5, 5.41) is 9.50. The fraction of sp³-hybridized carbons (Fsp3) is 0.538. The Bertz CT molecular complexity index is 615. The van der Waals surface area contributed by atoms with Gasteiger partial charge in [-0.05, 0) is 30.9 Å².